The molecule has 0 atom stereocenters. The Kier molecular flexibility index (Phi) is 6.12. The lowest BCUT2D eigenvalue weighted by Gasteiger charge is -2.30. The first-order valence-corrected chi connectivity index (χ1v) is 10.5. The third kappa shape index (κ3) is 4.30. The van der Waals surface area contributed by atoms with Crippen molar-refractivity contribution in [2.24, 2.45) is 0 Å². The van der Waals surface area contributed by atoms with E-state index in [1.54, 1.807) is 43.4 Å². The maximum Gasteiger partial charge on any atom is 0.258 e. The summed E-state index contributed by atoms with van der Waals surface area (Å²) in [5, 5.41) is 2.90. The Morgan fingerprint density at radius 2 is 1.78 bits per heavy atom. The minimum atomic E-state index is -0.249. The van der Waals surface area contributed by atoms with Gasteiger partial charge in [0.05, 0.1) is 19.9 Å². The lowest BCUT2D eigenvalue weighted by atomic mass is 9.98. The van der Waals surface area contributed by atoms with Gasteiger partial charge in [0.15, 0.2) is 0 Å². The van der Waals surface area contributed by atoms with E-state index in [2.05, 4.69) is 5.32 Å². The quantitative estimate of drug-likeness (QED) is 0.628. The SMILES string of the molecule is COc1ccc(OC)c(NC(=O)c2ccc3c(c2)CCCN3C(=O)c2cccc(C)c2)c1. The van der Waals surface area contributed by atoms with Gasteiger partial charge < -0.3 is 19.7 Å². The number of ether oxygens (including phenoxy) is 2. The fourth-order valence-corrected chi connectivity index (χ4v) is 3.99. The van der Waals surface area contributed by atoms with Crippen molar-refractivity contribution in [1.82, 2.24) is 0 Å². The van der Waals surface area contributed by atoms with Gasteiger partial charge in [0.25, 0.3) is 11.8 Å². The van der Waals surface area contributed by atoms with Gasteiger partial charge in [-0.3, -0.25) is 9.59 Å². The van der Waals surface area contributed by atoms with E-state index in [0.717, 1.165) is 29.7 Å². The average Bonchev–Trinajstić information content (AvgIpc) is 2.82. The van der Waals surface area contributed by atoms with Crippen LogP contribution >= 0.6 is 0 Å². The van der Waals surface area contributed by atoms with Gasteiger partial charge in [0.2, 0.25) is 0 Å². The molecular weight excluding hydrogens is 404 g/mol. The van der Waals surface area contributed by atoms with Crippen LogP contribution in [0.2, 0.25) is 0 Å². The van der Waals surface area contributed by atoms with Crippen LogP contribution in [0.4, 0.5) is 11.4 Å². The Balaban J connectivity index is 1.59. The molecule has 164 valence electrons. The number of aryl methyl sites for hydroxylation is 2. The van der Waals surface area contributed by atoms with Crippen molar-refractivity contribution < 1.29 is 19.1 Å². The van der Waals surface area contributed by atoms with Gasteiger partial charge in [-0.1, -0.05) is 17.7 Å². The molecule has 0 saturated heterocycles. The predicted octanol–water partition coefficient (Wildman–Crippen LogP) is 4.86. The highest BCUT2D eigenvalue weighted by Gasteiger charge is 2.24. The first-order chi connectivity index (χ1) is 15.5. The van der Waals surface area contributed by atoms with Crippen LogP contribution in [-0.2, 0) is 6.42 Å². The highest BCUT2D eigenvalue weighted by Crippen LogP contribution is 2.32. The molecule has 2 amide bonds. The molecule has 4 rings (SSSR count). The second-order valence-corrected chi connectivity index (χ2v) is 7.79. The molecule has 0 radical (unpaired) electrons. The molecule has 0 fully saturated rings. The van der Waals surface area contributed by atoms with Crippen LogP contribution in [0.15, 0.2) is 60.7 Å². The summed E-state index contributed by atoms with van der Waals surface area (Å²) in [7, 11) is 3.12. The van der Waals surface area contributed by atoms with Gasteiger partial charge in [-0.15, -0.1) is 0 Å². The van der Waals surface area contributed by atoms with Crippen molar-refractivity contribution in [3.63, 3.8) is 0 Å². The average molecular weight is 431 g/mol. The molecule has 6 heteroatoms. The van der Waals surface area contributed by atoms with Gasteiger partial charge >= 0.3 is 0 Å². The minimum Gasteiger partial charge on any atom is -0.497 e. The number of amides is 2. The number of hydrogen-bond donors (Lipinski definition) is 1. The van der Waals surface area contributed by atoms with E-state index < -0.39 is 0 Å². The number of methoxy groups -OCH3 is 2. The molecule has 0 bridgehead atoms. The van der Waals surface area contributed by atoms with Crippen LogP contribution in [0.5, 0.6) is 11.5 Å². The summed E-state index contributed by atoms with van der Waals surface area (Å²) in [5.41, 5.74) is 4.63. The van der Waals surface area contributed by atoms with Crippen molar-refractivity contribution in [1.29, 1.82) is 0 Å². The van der Waals surface area contributed by atoms with E-state index >= 15 is 0 Å². The van der Waals surface area contributed by atoms with Gasteiger partial charge in [-0.2, -0.15) is 0 Å². The standard InChI is InChI=1S/C26H26N2O4/c1-17-6-4-7-20(14-17)26(30)28-13-5-8-18-15-19(9-11-23(18)28)25(29)27-22-16-21(31-2)10-12-24(22)32-3/h4,6-7,9-12,14-16H,5,8,13H2,1-3H3,(H,27,29). The Morgan fingerprint density at radius 3 is 2.53 bits per heavy atom. The first-order valence-electron chi connectivity index (χ1n) is 10.5. The molecule has 0 spiro atoms. The largest absolute Gasteiger partial charge is 0.497 e. The molecule has 1 N–H and O–H groups in total. The summed E-state index contributed by atoms with van der Waals surface area (Å²) >= 11 is 0. The number of rotatable bonds is 5. The number of carbonyl (C=O) groups excluding carboxylic acids is 2. The number of nitrogens with one attached hydrogen (secondary N) is 1. The van der Waals surface area contributed by atoms with E-state index in [9.17, 15) is 9.59 Å². The van der Waals surface area contributed by atoms with Crippen molar-refractivity contribution in [3.05, 3.63) is 82.9 Å². The lowest BCUT2D eigenvalue weighted by Crippen LogP contribution is -2.35. The number of hydrogen-bond acceptors (Lipinski definition) is 4. The molecule has 0 aromatic heterocycles. The van der Waals surface area contributed by atoms with Crippen LogP contribution in [0, 0.1) is 6.92 Å². The van der Waals surface area contributed by atoms with E-state index in [-0.39, 0.29) is 11.8 Å². The molecule has 1 aliphatic heterocycles. The third-order valence-corrected chi connectivity index (χ3v) is 5.63. The number of anilines is 2. The summed E-state index contributed by atoms with van der Waals surface area (Å²) in [6.45, 7) is 2.63. The van der Waals surface area contributed by atoms with Crippen molar-refractivity contribution in [3.8, 4) is 11.5 Å². The van der Waals surface area contributed by atoms with E-state index in [0.29, 0.717) is 34.9 Å². The summed E-state index contributed by atoms with van der Waals surface area (Å²) in [4.78, 5) is 27.9. The Hall–Kier alpha value is -3.80. The molecule has 32 heavy (non-hydrogen) atoms. The predicted molar refractivity (Wildman–Crippen MR) is 125 cm³/mol. The second-order valence-electron chi connectivity index (χ2n) is 7.79. The van der Waals surface area contributed by atoms with Gasteiger partial charge in [0, 0.05) is 29.4 Å². The van der Waals surface area contributed by atoms with Crippen molar-refractivity contribution in [2.75, 3.05) is 31.0 Å². The van der Waals surface area contributed by atoms with Gasteiger partial charge in [0.1, 0.15) is 11.5 Å². The second kappa shape index (κ2) is 9.14. The smallest absolute Gasteiger partial charge is 0.258 e. The number of carbonyl (C=O) groups is 2. The van der Waals surface area contributed by atoms with Gasteiger partial charge in [-0.05, 0) is 67.8 Å². The van der Waals surface area contributed by atoms with Crippen LogP contribution in [-0.4, -0.2) is 32.6 Å². The third-order valence-electron chi connectivity index (χ3n) is 5.63. The van der Waals surface area contributed by atoms with E-state index in [4.69, 9.17) is 9.47 Å². The molecular formula is C26H26N2O4. The number of fused-ring (bicyclic) bond motifs is 1. The minimum absolute atomic E-state index is 0.0204. The fourth-order valence-electron chi connectivity index (χ4n) is 3.99. The molecule has 6 nitrogen and oxygen atoms in total. The monoisotopic (exact) mass is 430 g/mol. The zero-order chi connectivity index (χ0) is 22.7. The Bertz CT molecular complexity index is 1170. The maximum atomic E-state index is 13.1. The highest BCUT2D eigenvalue weighted by atomic mass is 16.5. The topological polar surface area (TPSA) is 67.9 Å². The zero-order valence-electron chi connectivity index (χ0n) is 18.5. The number of nitrogens with zero attached hydrogens (tertiary/aromatic N) is 1. The Labute approximate surface area is 187 Å². The summed E-state index contributed by atoms with van der Waals surface area (Å²) in [6, 6.07) is 18.3. The first kappa shape index (κ1) is 21.4. The number of benzene rings is 3. The highest BCUT2D eigenvalue weighted by molar-refractivity contribution is 6.08. The molecule has 3 aromatic rings. The molecule has 1 aliphatic rings. The van der Waals surface area contributed by atoms with Crippen molar-refractivity contribution >= 4 is 23.2 Å². The maximum absolute atomic E-state index is 13.1. The molecule has 1 heterocycles. The lowest BCUT2D eigenvalue weighted by molar-refractivity contribution is 0.0984. The normalized spacial score (nSPS) is 12.7. The molecule has 0 unspecified atom stereocenters. The zero-order valence-corrected chi connectivity index (χ0v) is 18.5. The summed E-state index contributed by atoms with van der Waals surface area (Å²) in [6.07, 6.45) is 1.66. The van der Waals surface area contributed by atoms with Crippen molar-refractivity contribution in [2.45, 2.75) is 19.8 Å². The summed E-state index contributed by atoms with van der Waals surface area (Å²) < 4.78 is 10.6. The molecule has 0 aliphatic carbocycles. The Morgan fingerprint density at radius 1 is 0.938 bits per heavy atom. The molecule has 0 saturated carbocycles. The van der Waals surface area contributed by atoms with Crippen LogP contribution in [0.3, 0.4) is 0 Å². The van der Waals surface area contributed by atoms with E-state index in [1.807, 2.05) is 43.3 Å². The van der Waals surface area contributed by atoms with E-state index in [1.165, 1.54) is 0 Å². The van der Waals surface area contributed by atoms with Crippen LogP contribution in [0.25, 0.3) is 0 Å². The summed E-state index contributed by atoms with van der Waals surface area (Å²) in [5.74, 6) is 0.901. The van der Waals surface area contributed by atoms with Crippen LogP contribution in [0.1, 0.15) is 38.3 Å². The molecule has 3 aromatic carbocycles. The fraction of sp³-hybridized carbons (Fsp3) is 0.231. The van der Waals surface area contributed by atoms with Gasteiger partial charge in [-0.25, -0.2) is 0 Å². The van der Waals surface area contributed by atoms with Crippen LogP contribution < -0.4 is 19.7 Å².